The Morgan fingerprint density at radius 1 is 0.880 bits per heavy atom. The molecule has 0 unspecified atom stereocenters. The Kier molecular flexibility index (Phi) is 6.05. The van der Waals surface area contributed by atoms with Gasteiger partial charge in [-0.15, -0.1) is 0 Å². The predicted molar refractivity (Wildman–Crippen MR) is 88.2 cm³/mol. The first-order valence-electron chi connectivity index (χ1n) is 7.33. The number of ether oxygens (including phenoxy) is 5. The Balaban J connectivity index is 2.16. The van der Waals surface area contributed by atoms with Crippen LogP contribution in [0.5, 0.6) is 23.0 Å². The first-order valence-corrected chi connectivity index (χ1v) is 7.33. The molecule has 0 aliphatic carbocycles. The van der Waals surface area contributed by atoms with Gasteiger partial charge in [-0.3, -0.25) is 0 Å². The molecule has 0 atom stereocenters. The van der Waals surface area contributed by atoms with Gasteiger partial charge in [-0.25, -0.2) is 9.18 Å². The summed E-state index contributed by atoms with van der Waals surface area (Å²) in [4.78, 5) is 12.3. The summed E-state index contributed by atoms with van der Waals surface area (Å²) in [6.45, 7) is -0.0869. The van der Waals surface area contributed by atoms with Gasteiger partial charge >= 0.3 is 5.97 Å². The van der Waals surface area contributed by atoms with E-state index in [1.807, 2.05) is 0 Å². The first kappa shape index (κ1) is 18.4. The molecule has 0 aromatic heterocycles. The minimum absolute atomic E-state index is 0.0869. The third-order valence-electron chi connectivity index (χ3n) is 3.49. The molecular formula is C18H19FO6. The number of benzene rings is 2. The molecule has 0 radical (unpaired) electrons. The Bertz CT molecular complexity index is 734. The quantitative estimate of drug-likeness (QED) is 0.715. The van der Waals surface area contributed by atoms with Crippen molar-refractivity contribution in [2.75, 3.05) is 28.4 Å². The molecule has 7 heteroatoms. The molecule has 6 nitrogen and oxygen atoms in total. The highest BCUT2D eigenvalue weighted by Gasteiger charge is 2.18. The van der Waals surface area contributed by atoms with Gasteiger partial charge in [0.1, 0.15) is 6.61 Å². The van der Waals surface area contributed by atoms with Crippen molar-refractivity contribution >= 4 is 5.97 Å². The van der Waals surface area contributed by atoms with Crippen LogP contribution in [0.15, 0.2) is 30.3 Å². The maximum atomic E-state index is 13.7. The Morgan fingerprint density at radius 3 is 1.96 bits per heavy atom. The number of rotatable bonds is 7. The molecule has 0 saturated heterocycles. The molecule has 0 aliphatic rings. The topological polar surface area (TPSA) is 63.2 Å². The summed E-state index contributed by atoms with van der Waals surface area (Å²) < 4.78 is 39.3. The van der Waals surface area contributed by atoms with Crippen molar-refractivity contribution in [2.24, 2.45) is 0 Å². The van der Waals surface area contributed by atoms with Gasteiger partial charge in [-0.05, 0) is 29.8 Å². The van der Waals surface area contributed by atoms with Crippen LogP contribution in [0.4, 0.5) is 4.39 Å². The molecule has 0 saturated carbocycles. The zero-order valence-corrected chi connectivity index (χ0v) is 14.4. The number of esters is 1. The minimum Gasteiger partial charge on any atom is -0.494 e. The van der Waals surface area contributed by atoms with Crippen LogP contribution in [-0.2, 0) is 11.3 Å². The molecule has 2 aromatic carbocycles. The smallest absolute Gasteiger partial charge is 0.338 e. The van der Waals surface area contributed by atoms with E-state index in [0.717, 1.165) is 0 Å². The van der Waals surface area contributed by atoms with E-state index in [-0.39, 0.29) is 17.9 Å². The lowest BCUT2D eigenvalue weighted by atomic mass is 10.1. The van der Waals surface area contributed by atoms with Gasteiger partial charge in [0.05, 0.1) is 34.0 Å². The summed E-state index contributed by atoms with van der Waals surface area (Å²) in [6.07, 6.45) is 0. The van der Waals surface area contributed by atoms with Crippen molar-refractivity contribution in [1.29, 1.82) is 0 Å². The predicted octanol–water partition coefficient (Wildman–Crippen LogP) is 3.22. The van der Waals surface area contributed by atoms with Crippen LogP contribution in [0.1, 0.15) is 15.9 Å². The zero-order valence-electron chi connectivity index (χ0n) is 14.4. The van der Waals surface area contributed by atoms with E-state index >= 15 is 0 Å². The molecule has 2 aromatic rings. The van der Waals surface area contributed by atoms with Crippen LogP contribution in [0.3, 0.4) is 0 Å². The molecule has 0 N–H and O–H groups in total. The van der Waals surface area contributed by atoms with Crippen LogP contribution in [0.25, 0.3) is 0 Å². The second-order valence-corrected chi connectivity index (χ2v) is 4.96. The fourth-order valence-electron chi connectivity index (χ4n) is 2.23. The Hall–Kier alpha value is -2.96. The van der Waals surface area contributed by atoms with Crippen molar-refractivity contribution < 1.29 is 32.9 Å². The van der Waals surface area contributed by atoms with Gasteiger partial charge in [0.15, 0.2) is 23.1 Å². The van der Waals surface area contributed by atoms with E-state index in [1.165, 1.54) is 52.7 Å². The first-order chi connectivity index (χ1) is 12.0. The maximum absolute atomic E-state index is 13.7. The van der Waals surface area contributed by atoms with E-state index in [2.05, 4.69) is 0 Å². The van der Waals surface area contributed by atoms with Crippen molar-refractivity contribution in [3.63, 3.8) is 0 Å². The van der Waals surface area contributed by atoms with E-state index in [0.29, 0.717) is 22.8 Å². The Labute approximate surface area is 145 Å². The van der Waals surface area contributed by atoms with Crippen LogP contribution in [0.2, 0.25) is 0 Å². The zero-order chi connectivity index (χ0) is 18.4. The van der Waals surface area contributed by atoms with Crippen LogP contribution in [0, 0.1) is 5.82 Å². The second kappa shape index (κ2) is 8.23. The van der Waals surface area contributed by atoms with Crippen molar-refractivity contribution in [3.8, 4) is 23.0 Å². The molecule has 25 heavy (non-hydrogen) atoms. The number of carbonyl (C=O) groups excluding carboxylic acids is 1. The number of hydrogen-bond donors (Lipinski definition) is 0. The van der Waals surface area contributed by atoms with Crippen molar-refractivity contribution in [2.45, 2.75) is 6.61 Å². The number of halogens is 1. The highest BCUT2D eigenvalue weighted by Crippen LogP contribution is 2.38. The SMILES string of the molecule is COc1ccc(COC(=O)c2cc(OC)c(OC)c(OC)c2)cc1F. The number of hydrogen-bond acceptors (Lipinski definition) is 6. The van der Waals surface area contributed by atoms with Crippen molar-refractivity contribution in [1.82, 2.24) is 0 Å². The maximum Gasteiger partial charge on any atom is 0.338 e. The lowest BCUT2D eigenvalue weighted by Crippen LogP contribution is -2.07. The van der Waals surface area contributed by atoms with Gasteiger partial charge in [0.25, 0.3) is 0 Å². The highest BCUT2D eigenvalue weighted by atomic mass is 19.1. The van der Waals surface area contributed by atoms with Crippen LogP contribution >= 0.6 is 0 Å². The van der Waals surface area contributed by atoms with Crippen molar-refractivity contribution in [3.05, 3.63) is 47.3 Å². The fraction of sp³-hybridized carbons (Fsp3) is 0.278. The number of carbonyl (C=O) groups is 1. The normalized spacial score (nSPS) is 10.1. The highest BCUT2D eigenvalue weighted by molar-refractivity contribution is 5.91. The van der Waals surface area contributed by atoms with Gasteiger partial charge in [0.2, 0.25) is 5.75 Å². The third kappa shape index (κ3) is 4.12. The average Bonchev–Trinajstić information content (AvgIpc) is 2.64. The summed E-state index contributed by atoms with van der Waals surface area (Å²) in [7, 11) is 5.75. The third-order valence-corrected chi connectivity index (χ3v) is 3.49. The molecule has 0 heterocycles. The summed E-state index contributed by atoms with van der Waals surface area (Å²) >= 11 is 0. The van der Waals surface area contributed by atoms with E-state index in [1.54, 1.807) is 6.07 Å². The molecule has 0 spiro atoms. The van der Waals surface area contributed by atoms with Gasteiger partial charge < -0.3 is 23.7 Å². The lowest BCUT2D eigenvalue weighted by molar-refractivity contribution is 0.0471. The molecule has 0 bridgehead atoms. The Morgan fingerprint density at radius 2 is 1.48 bits per heavy atom. The molecule has 0 fully saturated rings. The summed E-state index contributed by atoms with van der Waals surface area (Å²) in [5.41, 5.74) is 0.725. The standard InChI is InChI=1S/C18H19FO6/c1-21-14-6-5-11(7-13(14)19)10-25-18(20)12-8-15(22-2)17(24-4)16(9-12)23-3/h5-9H,10H2,1-4H3. The minimum atomic E-state index is -0.601. The molecular weight excluding hydrogens is 331 g/mol. The van der Waals surface area contributed by atoms with Gasteiger partial charge in [-0.2, -0.15) is 0 Å². The lowest BCUT2D eigenvalue weighted by Gasteiger charge is -2.14. The number of methoxy groups -OCH3 is 4. The van der Waals surface area contributed by atoms with E-state index in [9.17, 15) is 9.18 Å². The second-order valence-electron chi connectivity index (χ2n) is 4.96. The molecule has 134 valence electrons. The summed E-state index contributed by atoms with van der Waals surface area (Å²) in [5.74, 6) is 0.0476. The fourth-order valence-corrected chi connectivity index (χ4v) is 2.23. The van der Waals surface area contributed by atoms with E-state index < -0.39 is 11.8 Å². The summed E-state index contributed by atoms with van der Waals surface area (Å²) in [6, 6.07) is 7.31. The molecule has 0 aliphatic heterocycles. The molecule has 2 rings (SSSR count). The van der Waals surface area contributed by atoms with Gasteiger partial charge in [0, 0.05) is 0 Å². The largest absolute Gasteiger partial charge is 0.494 e. The molecule has 0 amide bonds. The summed E-state index contributed by atoms with van der Waals surface area (Å²) in [5, 5.41) is 0. The van der Waals surface area contributed by atoms with E-state index in [4.69, 9.17) is 23.7 Å². The average molecular weight is 350 g/mol. The van der Waals surface area contributed by atoms with Gasteiger partial charge in [-0.1, -0.05) is 6.07 Å². The van der Waals surface area contributed by atoms with Crippen LogP contribution < -0.4 is 18.9 Å². The van der Waals surface area contributed by atoms with Crippen LogP contribution in [-0.4, -0.2) is 34.4 Å². The monoisotopic (exact) mass is 350 g/mol.